The molecule has 0 aliphatic heterocycles. The van der Waals surface area contributed by atoms with Gasteiger partial charge in [-0.05, 0) is 18.6 Å². The molecule has 6 nitrogen and oxygen atoms in total. The van der Waals surface area contributed by atoms with Crippen molar-refractivity contribution in [3.05, 3.63) is 50.2 Å². The average molecular weight is 279 g/mol. The van der Waals surface area contributed by atoms with Gasteiger partial charge in [-0.2, -0.15) is 0 Å². The van der Waals surface area contributed by atoms with E-state index in [-0.39, 0.29) is 10.6 Å². The Labute approximate surface area is 112 Å². The number of benzene rings is 1. The number of rotatable bonds is 4. The Kier molecular flexibility index (Phi) is 3.48. The molecule has 0 aliphatic carbocycles. The summed E-state index contributed by atoms with van der Waals surface area (Å²) in [7, 11) is 0. The van der Waals surface area contributed by atoms with Gasteiger partial charge >= 0.3 is 5.97 Å². The first-order valence-electron chi connectivity index (χ1n) is 5.22. The number of carbonyl (C=O) groups is 1. The van der Waals surface area contributed by atoms with Gasteiger partial charge in [0.15, 0.2) is 0 Å². The van der Waals surface area contributed by atoms with E-state index in [0.29, 0.717) is 17.1 Å². The summed E-state index contributed by atoms with van der Waals surface area (Å²) in [6.45, 7) is 1.69. The quantitative estimate of drug-likeness (QED) is 0.683. The summed E-state index contributed by atoms with van der Waals surface area (Å²) in [4.78, 5) is 21.0. The van der Waals surface area contributed by atoms with Gasteiger partial charge in [0.2, 0.25) is 0 Å². The van der Waals surface area contributed by atoms with Crippen LogP contribution in [-0.2, 0) is 0 Å². The molecule has 19 heavy (non-hydrogen) atoms. The van der Waals surface area contributed by atoms with Crippen molar-refractivity contribution < 1.29 is 19.6 Å². The minimum Gasteiger partial charge on any atom is -0.477 e. The third kappa shape index (κ3) is 2.89. The van der Waals surface area contributed by atoms with E-state index in [1.165, 1.54) is 24.3 Å². The Balaban J connectivity index is 2.23. The Morgan fingerprint density at radius 2 is 2.16 bits per heavy atom. The van der Waals surface area contributed by atoms with Crippen molar-refractivity contribution >= 4 is 23.0 Å². The van der Waals surface area contributed by atoms with Gasteiger partial charge in [0.1, 0.15) is 16.4 Å². The van der Waals surface area contributed by atoms with Gasteiger partial charge < -0.3 is 9.84 Å². The van der Waals surface area contributed by atoms with Crippen LogP contribution in [-0.4, -0.2) is 16.0 Å². The molecule has 0 saturated heterocycles. The molecular weight excluding hydrogens is 270 g/mol. The highest BCUT2D eigenvalue weighted by atomic mass is 32.1. The topological polar surface area (TPSA) is 89.7 Å². The monoisotopic (exact) mass is 279 g/mol. The Morgan fingerprint density at radius 1 is 1.42 bits per heavy atom. The van der Waals surface area contributed by atoms with Gasteiger partial charge in [0.25, 0.3) is 5.69 Å². The summed E-state index contributed by atoms with van der Waals surface area (Å²) in [6, 6.07) is 5.64. The molecule has 0 bridgehead atoms. The molecule has 1 heterocycles. The molecule has 0 saturated carbocycles. The van der Waals surface area contributed by atoms with Crippen molar-refractivity contribution in [3.8, 4) is 11.5 Å². The van der Waals surface area contributed by atoms with Crippen LogP contribution in [0.25, 0.3) is 0 Å². The second-order valence-corrected chi connectivity index (χ2v) is 4.67. The van der Waals surface area contributed by atoms with Crippen LogP contribution >= 0.6 is 11.3 Å². The zero-order valence-corrected chi connectivity index (χ0v) is 10.6. The highest BCUT2D eigenvalue weighted by Gasteiger charge is 2.12. The van der Waals surface area contributed by atoms with Crippen LogP contribution < -0.4 is 4.74 Å². The van der Waals surface area contributed by atoms with Gasteiger partial charge in [-0.3, -0.25) is 10.1 Å². The smallest absolute Gasteiger partial charge is 0.346 e. The Bertz CT molecular complexity index is 649. The minimum absolute atomic E-state index is 0.0126. The zero-order valence-electron chi connectivity index (χ0n) is 9.82. The summed E-state index contributed by atoms with van der Waals surface area (Å²) in [5.41, 5.74) is 0.596. The van der Waals surface area contributed by atoms with Gasteiger partial charge in [-0.1, -0.05) is 0 Å². The lowest BCUT2D eigenvalue weighted by molar-refractivity contribution is -0.384. The fourth-order valence-corrected chi connectivity index (χ4v) is 2.12. The maximum atomic E-state index is 10.7. The molecule has 1 aromatic carbocycles. The molecule has 2 rings (SSSR count). The maximum Gasteiger partial charge on any atom is 0.346 e. The zero-order chi connectivity index (χ0) is 14.0. The fraction of sp³-hybridized carbons (Fsp3) is 0.0833. The number of hydrogen-bond donors (Lipinski definition) is 1. The number of carboxylic acids is 1. The predicted molar refractivity (Wildman–Crippen MR) is 69.2 cm³/mol. The summed E-state index contributed by atoms with van der Waals surface area (Å²) < 4.78 is 5.50. The van der Waals surface area contributed by atoms with Crippen LogP contribution in [0.2, 0.25) is 0 Å². The van der Waals surface area contributed by atoms with Crippen molar-refractivity contribution in [2.45, 2.75) is 6.92 Å². The van der Waals surface area contributed by atoms with Crippen LogP contribution in [0.15, 0.2) is 29.6 Å². The molecule has 98 valence electrons. The van der Waals surface area contributed by atoms with Gasteiger partial charge in [-0.25, -0.2) is 4.79 Å². The summed E-state index contributed by atoms with van der Waals surface area (Å²) in [6.07, 6.45) is 0. The molecule has 0 radical (unpaired) electrons. The van der Waals surface area contributed by atoms with Gasteiger partial charge in [0.05, 0.1) is 4.92 Å². The molecule has 0 atom stereocenters. The molecule has 1 N–H and O–H groups in total. The third-order valence-electron chi connectivity index (χ3n) is 2.38. The lowest BCUT2D eigenvalue weighted by Crippen LogP contribution is -1.92. The second kappa shape index (κ2) is 5.07. The van der Waals surface area contributed by atoms with Crippen LogP contribution in [0.1, 0.15) is 15.2 Å². The molecule has 1 aromatic heterocycles. The summed E-state index contributed by atoms with van der Waals surface area (Å²) >= 11 is 1.06. The van der Waals surface area contributed by atoms with E-state index in [2.05, 4.69) is 0 Å². The first kappa shape index (κ1) is 13.0. The van der Waals surface area contributed by atoms with E-state index >= 15 is 0 Å². The molecule has 2 aromatic rings. The average Bonchev–Trinajstić information content (AvgIpc) is 2.80. The van der Waals surface area contributed by atoms with E-state index in [4.69, 9.17) is 9.84 Å². The van der Waals surface area contributed by atoms with Crippen molar-refractivity contribution in [1.29, 1.82) is 0 Å². The Morgan fingerprint density at radius 3 is 2.68 bits per heavy atom. The molecule has 0 unspecified atom stereocenters. The largest absolute Gasteiger partial charge is 0.477 e. The van der Waals surface area contributed by atoms with Crippen LogP contribution in [0, 0.1) is 17.0 Å². The van der Waals surface area contributed by atoms with Crippen LogP contribution in [0.3, 0.4) is 0 Å². The van der Waals surface area contributed by atoms with Crippen molar-refractivity contribution in [3.63, 3.8) is 0 Å². The highest BCUT2D eigenvalue weighted by Crippen LogP contribution is 2.30. The van der Waals surface area contributed by atoms with Crippen molar-refractivity contribution in [2.75, 3.05) is 0 Å². The number of nitro groups is 1. The number of nitrogens with zero attached hydrogens (tertiary/aromatic N) is 1. The standard InChI is InChI=1S/C12H9NO5S/c1-7-4-8(13(16)17)2-3-10(7)18-9-5-11(12(14)15)19-6-9/h2-6H,1H3,(H,14,15). The molecule has 0 spiro atoms. The maximum absolute atomic E-state index is 10.7. The second-order valence-electron chi connectivity index (χ2n) is 3.76. The van der Waals surface area contributed by atoms with Crippen molar-refractivity contribution in [2.24, 2.45) is 0 Å². The van der Waals surface area contributed by atoms with Crippen LogP contribution in [0.4, 0.5) is 5.69 Å². The third-order valence-corrected chi connectivity index (χ3v) is 3.28. The number of non-ortho nitro benzene ring substituents is 1. The number of thiophene rings is 1. The number of hydrogen-bond acceptors (Lipinski definition) is 5. The van der Waals surface area contributed by atoms with Gasteiger partial charge in [-0.15, -0.1) is 11.3 Å². The van der Waals surface area contributed by atoms with Crippen molar-refractivity contribution in [1.82, 2.24) is 0 Å². The fourth-order valence-electron chi connectivity index (χ4n) is 1.47. The van der Waals surface area contributed by atoms with E-state index in [9.17, 15) is 14.9 Å². The number of ether oxygens (including phenoxy) is 1. The molecule has 0 fully saturated rings. The first-order valence-corrected chi connectivity index (χ1v) is 6.10. The normalized spacial score (nSPS) is 10.2. The lowest BCUT2D eigenvalue weighted by atomic mass is 10.2. The number of nitro benzene ring substituents is 1. The van der Waals surface area contributed by atoms with E-state index < -0.39 is 10.9 Å². The van der Waals surface area contributed by atoms with E-state index in [0.717, 1.165) is 11.3 Å². The SMILES string of the molecule is Cc1cc([N+](=O)[O-])ccc1Oc1csc(C(=O)O)c1. The molecule has 7 heteroatoms. The first-order chi connectivity index (χ1) is 8.97. The number of carboxylic acid groups (broad SMARTS) is 1. The summed E-state index contributed by atoms with van der Waals surface area (Å²) in [5, 5.41) is 21.0. The number of aromatic carboxylic acids is 1. The van der Waals surface area contributed by atoms with Crippen LogP contribution in [0.5, 0.6) is 11.5 Å². The Hall–Kier alpha value is -2.41. The van der Waals surface area contributed by atoms with Gasteiger partial charge in [0, 0.05) is 23.6 Å². The lowest BCUT2D eigenvalue weighted by Gasteiger charge is -2.06. The number of aryl methyl sites for hydroxylation is 1. The van der Waals surface area contributed by atoms with E-state index in [1.54, 1.807) is 12.3 Å². The molecule has 0 amide bonds. The minimum atomic E-state index is -1.01. The molecule has 0 aliphatic rings. The molecular formula is C12H9NO5S. The van der Waals surface area contributed by atoms with E-state index in [1.807, 2.05) is 0 Å². The summed E-state index contributed by atoms with van der Waals surface area (Å²) in [5.74, 6) is -0.153. The predicted octanol–water partition coefficient (Wildman–Crippen LogP) is 3.46. The highest BCUT2D eigenvalue weighted by molar-refractivity contribution is 7.12.